The van der Waals surface area contributed by atoms with E-state index < -0.39 is 18.3 Å². The first kappa shape index (κ1) is 12.0. The van der Waals surface area contributed by atoms with Crippen molar-refractivity contribution < 1.29 is 14.7 Å². The Kier molecular flexibility index (Phi) is 4.55. The molecule has 1 unspecified atom stereocenters. The van der Waals surface area contributed by atoms with Crippen molar-refractivity contribution in [3.05, 3.63) is 0 Å². The van der Waals surface area contributed by atoms with E-state index in [2.05, 4.69) is 10.2 Å². The number of piperidine rings is 1. The Hall–Kier alpha value is -1.10. The molecule has 0 aromatic carbocycles. The molecular formula is C10H18N2O3. The molecule has 1 heterocycles. The molecule has 2 N–H and O–H groups in total. The summed E-state index contributed by atoms with van der Waals surface area (Å²) in [6.45, 7) is 1.61. The van der Waals surface area contributed by atoms with Crippen LogP contribution in [0.4, 0.5) is 0 Å². The largest absolute Gasteiger partial charge is 0.481 e. The van der Waals surface area contributed by atoms with Gasteiger partial charge in [-0.2, -0.15) is 0 Å². The molecule has 0 bridgehead atoms. The number of hydrogen-bond acceptors (Lipinski definition) is 3. The molecule has 15 heavy (non-hydrogen) atoms. The van der Waals surface area contributed by atoms with E-state index in [9.17, 15) is 9.59 Å². The van der Waals surface area contributed by atoms with Gasteiger partial charge in [0.25, 0.3) is 0 Å². The molecule has 1 rings (SSSR count). The molecule has 1 fully saturated rings. The monoisotopic (exact) mass is 214 g/mol. The summed E-state index contributed by atoms with van der Waals surface area (Å²) >= 11 is 0. The number of carbonyl (C=O) groups is 2. The minimum absolute atomic E-state index is 0.358. The molecule has 5 nitrogen and oxygen atoms in total. The van der Waals surface area contributed by atoms with Crippen molar-refractivity contribution in [2.45, 2.75) is 31.7 Å². The highest BCUT2D eigenvalue weighted by atomic mass is 16.4. The maximum absolute atomic E-state index is 11.1. The zero-order valence-corrected chi connectivity index (χ0v) is 9.03. The van der Waals surface area contributed by atoms with Crippen LogP contribution in [0.25, 0.3) is 0 Å². The average Bonchev–Trinajstić information content (AvgIpc) is 2.15. The molecular weight excluding hydrogens is 196 g/mol. The number of carboxylic acids is 1. The molecule has 1 aliphatic heterocycles. The summed E-state index contributed by atoms with van der Waals surface area (Å²) in [5.74, 6) is -1.48. The van der Waals surface area contributed by atoms with Crippen molar-refractivity contribution in [3.63, 3.8) is 0 Å². The molecule has 1 aliphatic rings. The van der Waals surface area contributed by atoms with Crippen LogP contribution in [-0.2, 0) is 9.59 Å². The Morgan fingerprint density at radius 2 is 2.20 bits per heavy atom. The number of nitrogens with zero attached hydrogens (tertiary/aromatic N) is 1. The first-order valence-corrected chi connectivity index (χ1v) is 5.28. The minimum Gasteiger partial charge on any atom is -0.481 e. The van der Waals surface area contributed by atoms with Crippen LogP contribution in [0.1, 0.15) is 25.7 Å². The van der Waals surface area contributed by atoms with E-state index in [1.165, 1.54) is 12.8 Å². The van der Waals surface area contributed by atoms with E-state index in [0.29, 0.717) is 12.6 Å². The number of rotatable bonds is 4. The van der Waals surface area contributed by atoms with Gasteiger partial charge >= 0.3 is 5.97 Å². The summed E-state index contributed by atoms with van der Waals surface area (Å²) in [5.41, 5.74) is 0. The van der Waals surface area contributed by atoms with Gasteiger partial charge in [-0.1, -0.05) is 6.42 Å². The van der Waals surface area contributed by atoms with E-state index in [4.69, 9.17) is 5.11 Å². The highest BCUT2D eigenvalue weighted by Crippen LogP contribution is 2.13. The van der Waals surface area contributed by atoms with Crippen LogP contribution in [0.2, 0.25) is 0 Å². The van der Waals surface area contributed by atoms with Crippen molar-refractivity contribution in [1.29, 1.82) is 0 Å². The predicted molar refractivity (Wildman–Crippen MR) is 55.5 cm³/mol. The molecule has 0 aromatic heterocycles. The van der Waals surface area contributed by atoms with Crippen molar-refractivity contribution >= 4 is 11.9 Å². The van der Waals surface area contributed by atoms with Gasteiger partial charge in [-0.25, -0.2) is 0 Å². The van der Waals surface area contributed by atoms with Crippen molar-refractivity contribution in [2.24, 2.45) is 0 Å². The maximum Gasteiger partial charge on any atom is 0.312 e. The molecule has 0 aliphatic carbocycles. The summed E-state index contributed by atoms with van der Waals surface area (Å²) in [4.78, 5) is 23.6. The lowest BCUT2D eigenvalue weighted by Gasteiger charge is -2.32. The molecule has 1 saturated heterocycles. The van der Waals surface area contributed by atoms with Gasteiger partial charge in [0.2, 0.25) is 5.91 Å². The number of aliphatic carboxylic acids is 1. The molecule has 0 aromatic rings. The number of likely N-dealkylation sites (N-methyl/N-ethyl adjacent to an activating group) is 1. The number of hydrogen-bond donors (Lipinski definition) is 2. The predicted octanol–water partition coefficient (Wildman–Crippen LogP) is 0.0616. The van der Waals surface area contributed by atoms with E-state index in [1.54, 1.807) is 0 Å². The fourth-order valence-electron chi connectivity index (χ4n) is 1.83. The molecule has 86 valence electrons. The molecule has 1 atom stereocenters. The molecule has 1 amide bonds. The highest BCUT2D eigenvalue weighted by Gasteiger charge is 2.19. The number of likely N-dealkylation sites (tertiary alicyclic amines) is 1. The molecule has 5 heteroatoms. The summed E-state index contributed by atoms with van der Waals surface area (Å²) in [6, 6.07) is 0.358. The zero-order valence-electron chi connectivity index (χ0n) is 9.03. The summed E-state index contributed by atoms with van der Waals surface area (Å²) in [5, 5.41) is 11.1. The Morgan fingerprint density at radius 3 is 2.80 bits per heavy atom. The zero-order chi connectivity index (χ0) is 11.3. The van der Waals surface area contributed by atoms with Crippen molar-refractivity contribution in [3.8, 4) is 0 Å². The molecule has 0 saturated carbocycles. The first-order valence-electron chi connectivity index (χ1n) is 5.28. The smallest absolute Gasteiger partial charge is 0.312 e. The van der Waals surface area contributed by atoms with Crippen molar-refractivity contribution in [1.82, 2.24) is 10.2 Å². The van der Waals surface area contributed by atoms with Gasteiger partial charge in [-0.15, -0.1) is 0 Å². The summed E-state index contributed by atoms with van der Waals surface area (Å²) in [6.07, 6.45) is 3.03. The van der Waals surface area contributed by atoms with Gasteiger partial charge in [-0.05, 0) is 26.4 Å². The number of carboxylic acid groups (broad SMARTS) is 1. The quantitative estimate of drug-likeness (QED) is 0.649. The van der Waals surface area contributed by atoms with Crippen LogP contribution in [0.5, 0.6) is 0 Å². The lowest BCUT2D eigenvalue weighted by molar-refractivity contribution is -0.140. The third-order valence-electron chi connectivity index (χ3n) is 2.77. The van der Waals surface area contributed by atoms with E-state index in [-0.39, 0.29) is 0 Å². The SMILES string of the molecule is CN1CCCCC1CNC(=O)CC(=O)O. The average molecular weight is 214 g/mol. The van der Waals surface area contributed by atoms with Gasteiger partial charge in [0.15, 0.2) is 0 Å². The van der Waals surface area contributed by atoms with Crippen LogP contribution in [0.15, 0.2) is 0 Å². The third-order valence-corrected chi connectivity index (χ3v) is 2.77. The highest BCUT2D eigenvalue weighted by molar-refractivity contribution is 5.93. The lowest BCUT2D eigenvalue weighted by Crippen LogP contribution is -2.44. The number of carbonyl (C=O) groups excluding carboxylic acids is 1. The van der Waals surface area contributed by atoms with Crippen LogP contribution in [0.3, 0.4) is 0 Å². The lowest BCUT2D eigenvalue weighted by atomic mass is 10.0. The van der Waals surface area contributed by atoms with E-state index in [1.807, 2.05) is 7.05 Å². The number of amides is 1. The Bertz CT molecular complexity index is 243. The van der Waals surface area contributed by atoms with Crippen LogP contribution >= 0.6 is 0 Å². The topological polar surface area (TPSA) is 69.6 Å². The second kappa shape index (κ2) is 5.70. The Labute approximate surface area is 89.4 Å². The standard InChI is InChI=1S/C10H18N2O3/c1-12-5-3-2-4-8(12)7-11-9(13)6-10(14)15/h8H,2-7H2,1H3,(H,11,13)(H,14,15). The molecule has 0 radical (unpaired) electrons. The summed E-state index contributed by atoms with van der Waals surface area (Å²) in [7, 11) is 2.03. The first-order chi connectivity index (χ1) is 7.09. The van der Waals surface area contributed by atoms with E-state index >= 15 is 0 Å². The molecule has 0 spiro atoms. The minimum atomic E-state index is -1.08. The summed E-state index contributed by atoms with van der Waals surface area (Å²) < 4.78 is 0. The second-order valence-electron chi connectivity index (χ2n) is 4.00. The second-order valence-corrected chi connectivity index (χ2v) is 4.00. The van der Waals surface area contributed by atoms with E-state index in [0.717, 1.165) is 13.0 Å². The fourth-order valence-corrected chi connectivity index (χ4v) is 1.83. The fraction of sp³-hybridized carbons (Fsp3) is 0.800. The van der Waals surface area contributed by atoms with Gasteiger partial charge in [0.05, 0.1) is 0 Å². The van der Waals surface area contributed by atoms with Crippen molar-refractivity contribution in [2.75, 3.05) is 20.1 Å². The van der Waals surface area contributed by atoms with Crippen LogP contribution < -0.4 is 5.32 Å². The normalized spacial score (nSPS) is 22.3. The van der Waals surface area contributed by atoms with Gasteiger partial charge < -0.3 is 15.3 Å². The van der Waals surface area contributed by atoms with Gasteiger partial charge in [0, 0.05) is 12.6 Å². The Balaban J connectivity index is 2.23. The van der Waals surface area contributed by atoms with Gasteiger partial charge in [0.1, 0.15) is 6.42 Å². The number of nitrogens with one attached hydrogen (secondary N) is 1. The Morgan fingerprint density at radius 1 is 1.47 bits per heavy atom. The maximum atomic E-state index is 11.1. The third kappa shape index (κ3) is 4.29. The van der Waals surface area contributed by atoms with Crippen LogP contribution in [-0.4, -0.2) is 48.1 Å². The van der Waals surface area contributed by atoms with Crippen LogP contribution in [0, 0.1) is 0 Å². The van der Waals surface area contributed by atoms with Gasteiger partial charge in [-0.3, -0.25) is 9.59 Å².